The lowest BCUT2D eigenvalue weighted by molar-refractivity contribution is 0.0955. The molecule has 0 aromatic heterocycles. The van der Waals surface area contributed by atoms with Crippen LogP contribution in [0.4, 0.5) is 4.39 Å². The molecule has 4 nitrogen and oxygen atoms in total. The van der Waals surface area contributed by atoms with Gasteiger partial charge in [0.25, 0.3) is 5.91 Å². The molecule has 88 valence electrons. The van der Waals surface area contributed by atoms with Gasteiger partial charge in [0.1, 0.15) is 5.82 Å². The first-order chi connectivity index (χ1) is 7.27. The third-order valence-corrected chi connectivity index (χ3v) is 3.17. The highest BCUT2D eigenvalue weighted by atomic mass is 32.2. The molecular formula is C10H12FNO3S. The lowest BCUT2D eigenvalue weighted by Gasteiger charge is -2.09. The van der Waals surface area contributed by atoms with Crippen molar-refractivity contribution >= 4 is 15.7 Å². The first-order valence-corrected chi connectivity index (χ1v) is 6.38. The predicted molar refractivity (Wildman–Crippen MR) is 57.6 cm³/mol. The molecule has 1 rings (SSSR count). The summed E-state index contributed by atoms with van der Waals surface area (Å²) >= 11 is 0. The van der Waals surface area contributed by atoms with E-state index in [1.807, 2.05) is 0 Å². The first-order valence-electron chi connectivity index (χ1n) is 4.49. The van der Waals surface area contributed by atoms with Crippen LogP contribution in [-0.2, 0) is 9.84 Å². The van der Waals surface area contributed by atoms with Gasteiger partial charge >= 0.3 is 0 Å². The van der Waals surface area contributed by atoms with Crippen LogP contribution in [0.15, 0.2) is 17.0 Å². The largest absolute Gasteiger partial charge is 0.355 e. The van der Waals surface area contributed by atoms with Crippen LogP contribution in [0.1, 0.15) is 15.9 Å². The molecule has 1 aromatic rings. The van der Waals surface area contributed by atoms with Crippen LogP contribution in [0.2, 0.25) is 0 Å². The quantitative estimate of drug-likeness (QED) is 0.842. The summed E-state index contributed by atoms with van der Waals surface area (Å²) in [6.07, 6.45) is 0.938. The molecule has 1 N–H and O–H groups in total. The molecule has 0 aliphatic carbocycles. The Labute approximate surface area is 93.4 Å². The van der Waals surface area contributed by atoms with Crippen LogP contribution in [-0.4, -0.2) is 27.6 Å². The second-order valence-electron chi connectivity index (χ2n) is 3.47. The van der Waals surface area contributed by atoms with Gasteiger partial charge in [0.15, 0.2) is 9.84 Å². The molecular weight excluding hydrogens is 233 g/mol. The van der Waals surface area contributed by atoms with Gasteiger partial charge in [0.05, 0.1) is 10.5 Å². The standard InChI is InChI=1S/C10H12FNO3S/c1-6-4-7(11)9(10(13)12-2)8(5-6)16(3,14)15/h4-5H,1-3H3,(H,12,13). The van der Waals surface area contributed by atoms with Gasteiger partial charge in [0.2, 0.25) is 0 Å². The van der Waals surface area contributed by atoms with Crippen molar-refractivity contribution in [1.82, 2.24) is 5.32 Å². The Morgan fingerprint density at radius 3 is 2.38 bits per heavy atom. The highest BCUT2D eigenvalue weighted by molar-refractivity contribution is 7.90. The first kappa shape index (κ1) is 12.6. The van der Waals surface area contributed by atoms with E-state index in [0.717, 1.165) is 12.3 Å². The van der Waals surface area contributed by atoms with Gasteiger partial charge in [-0.05, 0) is 24.6 Å². The van der Waals surface area contributed by atoms with Gasteiger partial charge in [-0.3, -0.25) is 4.79 Å². The smallest absolute Gasteiger partial charge is 0.255 e. The molecule has 0 atom stereocenters. The number of benzene rings is 1. The SMILES string of the molecule is CNC(=O)c1c(F)cc(C)cc1S(C)(=O)=O. The Kier molecular flexibility index (Phi) is 3.32. The van der Waals surface area contributed by atoms with E-state index in [1.54, 1.807) is 6.92 Å². The minimum absolute atomic E-state index is 0.288. The minimum atomic E-state index is -3.63. The summed E-state index contributed by atoms with van der Waals surface area (Å²) < 4.78 is 36.4. The van der Waals surface area contributed by atoms with Crippen LogP contribution >= 0.6 is 0 Å². The Bertz CT molecular complexity index is 537. The zero-order valence-electron chi connectivity index (χ0n) is 9.17. The molecule has 0 unspecified atom stereocenters. The van der Waals surface area contributed by atoms with Crippen molar-refractivity contribution in [3.05, 3.63) is 29.1 Å². The van der Waals surface area contributed by atoms with Gasteiger partial charge in [-0.15, -0.1) is 0 Å². The van der Waals surface area contributed by atoms with Crippen molar-refractivity contribution in [3.63, 3.8) is 0 Å². The molecule has 0 radical (unpaired) electrons. The monoisotopic (exact) mass is 245 g/mol. The maximum Gasteiger partial charge on any atom is 0.255 e. The summed E-state index contributed by atoms with van der Waals surface area (Å²) in [6, 6.07) is 2.41. The Morgan fingerprint density at radius 1 is 1.38 bits per heavy atom. The average Bonchev–Trinajstić information content (AvgIpc) is 2.14. The molecule has 1 aromatic carbocycles. The van der Waals surface area contributed by atoms with E-state index in [9.17, 15) is 17.6 Å². The maximum atomic E-state index is 13.6. The molecule has 0 saturated carbocycles. The Morgan fingerprint density at radius 2 is 1.94 bits per heavy atom. The fraction of sp³-hybridized carbons (Fsp3) is 0.300. The Balaban J connectivity index is 3.64. The maximum absolute atomic E-state index is 13.6. The number of nitrogens with one attached hydrogen (secondary N) is 1. The van der Waals surface area contributed by atoms with Crippen molar-refractivity contribution in [2.75, 3.05) is 13.3 Å². The number of carbonyl (C=O) groups excluding carboxylic acids is 1. The predicted octanol–water partition coefficient (Wildman–Crippen LogP) is 0.897. The number of aryl methyl sites for hydroxylation is 1. The fourth-order valence-electron chi connectivity index (χ4n) is 1.35. The van der Waals surface area contributed by atoms with E-state index in [1.165, 1.54) is 13.1 Å². The molecule has 16 heavy (non-hydrogen) atoms. The molecule has 0 aliphatic heterocycles. The summed E-state index contributed by atoms with van der Waals surface area (Å²) in [5.41, 5.74) is 0.0150. The average molecular weight is 245 g/mol. The lowest BCUT2D eigenvalue weighted by atomic mass is 10.1. The van der Waals surface area contributed by atoms with Crippen molar-refractivity contribution in [2.24, 2.45) is 0 Å². The highest BCUT2D eigenvalue weighted by Crippen LogP contribution is 2.21. The van der Waals surface area contributed by atoms with Crippen molar-refractivity contribution in [3.8, 4) is 0 Å². The van der Waals surface area contributed by atoms with Crippen LogP contribution in [0.5, 0.6) is 0 Å². The third kappa shape index (κ3) is 2.38. The van der Waals surface area contributed by atoms with Crippen molar-refractivity contribution in [1.29, 1.82) is 0 Å². The van der Waals surface area contributed by atoms with Gasteiger partial charge < -0.3 is 5.32 Å². The number of hydrogen-bond acceptors (Lipinski definition) is 3. The van der Waals surface area contributed by atoms with Crippen LogP contribution < -0.4 is 5.32 Å². The van der Waals surface area contributed by atoms with Crippen LogP contribution in [0, 0.1) is 12.7 Å². The highest BCUT2D eigenvalue weighted by Gasteiger charge is 2.22. The minimum Gasteiger partial charge on any atom is -0.355 e. The van der Waals surface area contributed by atoms with E-state index < -0.39 is 27.1 Å². The summed E-state index contributed by atoms with van der Waals surface area (Å²) in [5.74, 6) is -1.59. The summed E-state index contributed by atoms with van der Waals surface area (Å²) in [5, 5.41) is 2.21. The molecule has 0 heterocycles. The summed E-state index contributed by atoms with van der Waals surface area (Å²) in [6.45, 7) is 1.56. The molecule has 0 aliphatic rings. The number of hydrogen-bond donors (Lipinski definition) is 1. The zero-order valence-corrected chi connectivity index (χ0v) is 9.98. The number of sulfone groups is 1. The number of carbonyl (C=O) groups is 1. The molecule has 0 bridgehead atoms. The molecule has 0 spiro atoms. The number of rotatable bonds is 2. The van der Waals surface area contributed by atoms with Crippen molar-refractivity contribution < 1.29 is 17.6 Å². The number of amides is 1. The van der Waals surface area contributed by atoms with Gasteiger partial charge in [-0.25, -0.2) is 12.8 Å². The van der Waals surface area contributed by atoms with E-state index in [4.69, 9.17) is 0 Å². The Hall–Kier alpha value is -1.43. The fourth-order valence-corrected chi connectivity index (χ4v) is 2.31. The molecule has 1 amide bonds. The zero-order chi connectivity index (χ0) is 12.5. The van der Waals surface area contributed by atoms with Gasteiger partial charge in [0, 0.05) is 13.3 Å². The van der Waals surface area contributed by atoms with E-state index in [-0.39, 0.29) is 4.90 Å². The lowest BCUT2D eigenvalue weighted by Crippen LogP contribution is -2.22. The van der Waals surface area contributed by atoms with E-state index in [2.05, 4.69) is 5.32 Å². The van der Waals surface area contributed by atoms with Crippen LogP contribution in [0.3, 0.4) is 0 Å². The van der Waals surface area contributed by atoms with E-state index in [0.29, 0.717) is 5.56 Å². The third-order valence-electron chi connectivity index (χ3n) is 2.05. The summed E-state index contributed by atoms with van der Waals surface area (Å²) in [4.78, 5) is 11.1. The van der Waals surface area contributed by atoms with Gasteiger partial charge in [-0.2, -0.15) is 0 Å². The van der Waals surface area contributed by atoms with Crippen molar-refractivity contribution in [2.45, 2.75) is 11.8 Å². The molecule has 0 saturated heterocycles. The molecule has 6 heteroatoms. The summed E-state index contributed by atoms with van der Waals surface area (Å²) in [7, 11) is -2.32. The normalized spacial score (nSPS) is 11.2. The number of halogens is 1. The van der Waals surface area contributed by atoms with E-state index >= 15 is 0 Å². The molecule has 0 fully saturated rings. The topological polar surface area (TPSA) is 63.2 Å². The van der Waals surface area contributed by atoms with Crippen LogP contribution in [0.25, 0.3) is 0 Å². The second kappa shape index (κ2) is 4.21. The van der Waals surface area contributed by atoms with Gasteiger partial charge in [-0.1, -0.05) is 0 Å². The second-order valence-corrected chi connectivity index (χ2v) is 5.46.